The highest BCUT2D eigenvalue weighted by atomic mass is 35.7. The third-order valence-electron chi connectivity index (χ3n) is 5.09. The van der Waals surface area contributed by atoms with Gasteiger partial charge in [0, 0.05) is 23.4 Å². The number of rotatable bonds is 5. The van der Waals surface area contributed by atoms with Gasteiger partial charge in [-0.15, -0.1) is 12.4 Å². The van der Waals surface area contributed by atoms with Crippen LogP contribution in [0.2, 0.25) is 0 Å². The third-order valence-corrected chi connectivity index (χ3v) is 6.10. The van der Waals surface area contributed by atoms with E-state index in [0.29, 0.717) is 33.7 Å². The van der Waals surface area contributed by atoms with Crippen molar-refractivity contribution < 1.29 is 27.1 Å². The largest absolute Gasteiger partial charge is 0.482 e. The first kappa shape index (κ1) is 28.6. The Morgan fingerprint density at radius 2 is 1.87 bits per heavy atom. The van der Waals surface area contributed by atoms with Gasteiger partial charge < -0.3 is 26.1 Å². The van der Waals surface area contributed by atoms with Crippen molar-refractivity contribution >= 4 is 66.4 Å². The number of carbonyl (C=O) groups is 2. The zero-order valence-corrected chi connectivity index (χ0v) is 21.8. The van der Waals surface area contributed by atoms with E-state index in [0.717, 1.165) is 5.56 Å². The smallest absolute Gasteiger partial charge is 0.272 e. The maximum atomic E-state index is 12.4. The lowest BCUT2D eigenvalue weighted by molar-refractivity contribution is -0.118. The minimum atomic E-state index is -3.54. The molecule has 0 bridgehead atoms. The number of amides is 2. The van der Waals surface area contributed by atoms with E-state index in [4.69, 9.17) is 21.2 Å². The third kappa shape index (κ3) is 7.31. The van der Waals surface area contributed by atoms with Crippen molar-refractivity contribution in [1.82, 2.24) is 20.3 Å². The van der Waals surface area contributed by atoms with Gasteiger partial charge in [-0.3, -0.25) is 9.59 Å². The van der Waals surface area contributed by atoms with Crippen molar-refractivity contribution in [2.75, 3.05) is 17.7 Å². The van der Waals surface area contributed by atoms with Gasteiger partial charge in [0.2, 0.25) is 9.05 Å². The van der Waals surface area contributed by atoms with E-state index < -0.39 is 14.9 Å². The summed E-state index contributed by atoms with van der Waals surface area (Å²) in [6.45, 7) is 0.274. The number of halogens is 3. The van der Waals surface area contributed by atoms with Gasteiger partial charge in [-0.25, -0.2) is 22.8 Å². The van der Waals surface area contributed by atoms with Crippen LogP contribution in [0.15, 0.2) is 55.0 Å². The van der Waals surface area contributed by atoms with Crippen molar-refractivity contribution in [1.29, 1.82) is 0 Å². The minimum absolute atomic E-state index is 0. The van der Waals surface area contributed by atoms with Gasteiger partial charge in [0.1, 0.15) is 23.4 Å². The molecule has 5 N–H and O–H groups in total. The minimum Gasteiger partial charge on any atom is -0.482 e. The molecule has 5 rings (SSSR count). The maximum Gasteiger partial charge on any atom is 0.272 e. The van der Waals surface area contributed by atoms with Gasteiger partial charge in [-0.1, -0.05) is 18.2 Å². The number of anilines is 2. The topological polar surface area (TPSA) is 169 Å². The van der Waals surface area contributed by atoms with Gasteiger partial charge >= 0.3 is 0 Å². The highest BCUT2D eigenvalue weighted by Crippen LogP contribution is 2.28. The predicted octanol–water partition coefficient (Wildman–Crippen LogP) is 3.12. The van der Waals surface area contributed by atoms with Crippen LogP contribution < -0.4 is 21.1 Å². The predicted molar refractivity (Wildman–Crippen MR) is 142 cm³/mol. The van der Waals surface area contributed by atoms with Crippen molar-refractivity contribution in [3.8, 4) is 5.75 Å². The fraction of sp³-hybridized carbons (Fsp3) is 0.130. The lowest BCUT2D eigenvalue weighted by atomic mass is 10.1. The Kier molecular flexibility index (Phi) is 9.09. The van der Waals surface area contributed by atoms with E-state index in [-0.39, 0.29) is 48.8 Å². The van der Waals surface area contributed by atoms with E-state index in [2.05, 4.69) is 25.6 Å². The maximum absolute atomic E-state index is 12.4. The van der Waals surface area contributed by atoms with E-state index in [1.54, 1.807) is 18.3 Å². The molecule has 15 heteroatoms. The first-order valence-corrected chi connectivity index (χ1v) is 13.1. The van der Waals surface area contributed by atoms with Crippen LogP contribution in [0.4, 0.5) is 15.8 Å². The second-order valence-electron chi connectivity index (χ2n) is 7.85. The lowest BCUT2D eigenvalue weighted by Crippen LogP contribution is -2.26. The summed E-state index contributed by atoms with van der Waals surface area (Å²) in [5.41, 5.74) is 9.34. The number of hydrogen-bond acceptors (Lipinski definition) is 8. The molecule has 0 fully saturated rings. The number of benzene rings is 2. The Bertz CT molecular complexity index is 1580. The molecule has 2 amide bonds. The number of aromatic amines is 1. The molecule has 0 saturated carbocycles. The summed E-state index contributed by atoms with van der Waals surface area (Å²) in [6.07, 6.45) is 2.87. The zero-order valence-electron chi connectivity index (χ0n) is 19.4. The molecule has 0 spiro atoms. The van der Waals surface area contributed by atoms with Crippen molar-refractivity contribution in [3.63, 3.8) is 0 Å². The number of carbonyl (C=O) groups excluding carboxylic acids is 2. The van der Waals surface area contributed by atoms with Gasteiger partial charge in [0.25, 0.3) is 11.8 Å². The molecule has 0 radical (unpaired) electrons. The van der Waals surface area contributed by atoms with E-state index in [1.165, 1.54) is 30.6 Å². The monoisotopic (exact) mass is 582 g/mol. The summed E-state index contributed by atoms with van der Waals surface area (Å²) < 4.78 is 38.8. The summed E-state index contributed by atoms with van der Waals surface area (Å²) >= 11 is 0. The highest BCUT2D eigenvalue weighted by Gasteiger charge is 2.18. The van der Waals surface area contributed by atoms with Crippen molar-refractivity contribution in [2.45, 2.75) is 12.3 Å². The Morgan fingerprint density at radius 3 is 2.58 bits per heavy atom. The Hall–Kier alpha value is -3.94. The normalized spacial score (nSPS) is 12.2. The summed E-state index contributed by atoms with van der Waals surface area (Å²) in [4.78, 5) is 34.8. The number of nitrogens with one attached hydrogen (secondary N) is 3. The molecule has 2 aromatic carbocycles. The highest BCUT2D eigenvalue weighted by molar-refractivity contribution is 8.13. The Balaban J connectivity index is 0.000000262. The van der Waals surface area contributed by atoms with Gasteiger partial charge in [-0.2, -0.15) is 0 Å². The number of fused-ring (bicyclic) bond motifs is 2. The van der Waals surface area contributed by atoms with Crippen LogP contribution >= 0.6 is 23.1 Å². The number of aromatic nitrogens is 3. The molecule has 1 aliphatic heterocycles. The molecule has 1 aliphatic rings. The molecule has 0 aliphatic carbocycles. The fourth-order valence-electron chi connectivity index (χ4n) is 3.42. The summed E-state index contributed by atoms with van der Waals surface area (Å²) in [5.74, 6) is -0.622. The van der Waals surface area contributed by atoms with Crippen LogP contribution in [0.3, 0.4) is 0 Å². The first-order chi connectivity index (χ1) is 17.6. The lowest BCUT2D eigenvalue weighted by Gasteiger charge is -2.18. The Morgan fingerprint density at radius 1 is 1.16 bits per heavy atom. The molecule has 3 heterocycles. The van der Waals surface area contributed by atoms with Crippen LogP contribution in [0, 0.1) is 5.82 Å². The van der Waals surface area contributed by atoms with E-state index in [1.807, 2.05) is 6.07 Å². The Labute approximate surface area is 226 Å². The van der Waals surface area contributed by atoms with Crippen LogP contribution in [0.5, 0.6) is 5.75 Å². The van der Waals surface area contributed by atoms with Crippen LogP contribution in [-0.2, 0) is 26.1 Å². The molecular formula is C23H21Cl2FN6O5S. The van der Waals surface area contributed by atoms with E-state index >= 15 is 0 Å². The van der Waals surface area contributed by atoms with Crippen LogP contribution in [-0.4, -0.2) is 41.8 Å². The number of nitrogens with zero attached hydrogens (tertiary/aromatic N) is 2. The average molecular weight is 583 g/mol. The number of H-pyrrole nitrogens is 1. The molecule has 2 aromatic heterocycles. The number of ether oxygens (including phenoxy) is 1. The average Bonchev–Trinajstić information content (AvgIpc) is 3.24. The number of hydrogen-bond donors (Lipinski definition) is 4. The number of nitrogens with two attached hydrogens (primary N) is 1. The standard InChI is InChI=1S/C16H14N6O3.C7H6ClFO2S.ClH/c17-9-5-18-14-13(9)20-7-21-15(14)16(24)19-4-8-1-2-11-10(3-8)22-12(23)6-25-11;8-12(10,11)5-6-1-3-7(9)4-2-6;/h1-3,5,7,18H,4,6,17H2,(H,19,24)(H,22,23);1-4H,5H2;1H. The molecule has 38 heavy (non-hydrogen) atoms. The van der Waals surface area contributed by atoms with E-state index in [9.17, 15) is 22.4 Å². The fourth-order valence-corrected chi connectivity index (χ4v) is 4.39. The second kappa shape index (κ2) is 12.1. The SMILES string of the molecule is Cl.Nc1c[nH]c2c(C(=O)NCc3ccc4c(c3)NC(=O)CO4)ncnc12.O=S(=O)(Cl)Cc1ccc(F)cc1. The van der Waals surface area contributed by atoms with Crippen LogP contribution in [0.25, 0.3) is 11.0 Å². The summed E-state index contributed by atoms with van der Waals surface area (Å²) in [6, 6.07) is 10.5. The van der Waals surface area contributed by atoms with Crippen molar-refractivity contribution in [3.05, 3.63) is 77.6 Å². The van der Waals surface area contributed by atoms with Gasteiger partial charge in [0.15, 0.2) is 12.3 Å². The molecule has 0 saturated heterocycles. The van der Waals surface area contributed by atoms with Gasteiger partial charge in [-0.05, 0) is 35.4 Å². The van der Waals surface area contributed by atoms with Crippen molar-refractivity contribution in [2.24, 2.45) is 0 Å². The van der Waals surface area contributed by atoms with Crippen LogP contribution in [0.1, 0.15) is 21.6 Å². The molecule has 11 nitrogen and oxygen atoms in total. The zero-order chi connectivity index (χ0) is 26.6. The molecule has 4 aromatic rings. The summed E-state index contributed by atoms with van der Waals surface area (Å²) in [5, 5.41) is 5.52. The molecule has 200 valence electrons. The summed E-state index contributed by atoms with van der Waals surface area (Å²) in [7, 11) is 1.45. The second-order valence-corrected chi connectivity index (χ2v) is 10.6. The quantitative estimate of drug-likeness (QED) is 0.260. The molecule has 0 unspecified atom stereocenters. The molecule has 0 atom stereocenters. The number of nitrogen functional groups attached to an aromatic ring is 1. The molecular weight excluding hydrogens is 562 g/mol. The van der Waals surface area contributed by atoms with Gasteiger partial charge in [0.05, 0.1) is 22.6 Å². The first-order valence-electron chi connectivity index (χ1n) is 10.7.